The molecule has 3 aromatic rings. The number of ketones is 1. The van der Waals surface area contributed by atoms with Gasteiger partial charge in [0.2, 0.25) is 0 Å². The monoisotopic (exact) mass is 369 g/mol. The van der Waals surface area contributed by atoms with Gasteiger partial charge in [-0.05, 0) is 18.9 Å². The summed E-state index contributed by atoms with van der Waals surface area (Å²) in [5.74, 6) is -0.843. The molecular weight excluding hydrogens is 350 g/mol. The number of hydrogen-bond acceptors (Lipinski definition) is 5. The smallest absolute Gasteiger partial charge is 0.345 e. The molecule has 134 valence electrons. The Kier molecular flexibility index (Phi) is 4.11. The van der Waals surface area contributed by atoms with E-state index in [1.165, 1.54) is 6.42 Å². The minimum absolute atomic E-state index is 0.117. The first-order chi connectivity index (χ1) is 12.5. The highest BCUT2D eigenvalue weighted by atomic mass is 32.1. The Labute approximate surface area is 154 Å². The summed E-state index contributed by atoms with van der Waals surface area (Å²) in [6.45, 7) is 2.04. The Hall–Kier alpha value is -2.54. The molecule has 0 aromatic carbocycles. The van der Waals surface area contributed by atoms with Gasteiger partial charge in [0, 0.05) is 22.6 Å². The highest BCUT2D eigenvalue weighted by Crippen LogP contribution is 2.39. The van der Waals surface area contributed by atoms with Crippen LogP contribution in [0.25, 0.3) is 22.4 Å². The van der Waals surface area contributed by atoms with Gasteiger partial charge in [-0.15, -0.1) is 11.3 Å². The van der Waals surface area contributed by atoms with E-state index in [0.29, 0.717) is 28.0 Å². The molecule has 1 saturated carbocycles. The van der Waals surface area contributed by atoms with Gasteiger partial charge in [-0.25, -0.2) is 14.8 Å². The first-order valence-corrected chi connectivity index (χ1v) is 9.57. The first-order valence-electron chi connectivity index (χ1n) is 8.69. The number of aromatic amines is 1. The normalized spacial score (nSPS) is 16.7. The van der Waals surface area contributed by atoms with Crippen LogP contribution in [0.2, 0.25) is 0 Å². The quantitative estimate of drug-likeness (QED) is 0.658. The van der Waals surface area contributed by atoms with Crippen molar-refractivity contribution < 1.29 is 14.7 Å². The summed E-state index contributed by atoms with van der Waals surface area (Å²) < 4.78 is 0. The van der Waals surface area contributed by atoms with E-state index in [1.807, 2.05) is 6.92 Å². The number of H-pyrrole nitrogens is 1. The number of nitrogens with zero attached hydrogens (tertiary/aromatic N) is 2. The van der Waals surface area contributed by atoms with Gasteiger partial charge < -0.3 is 10.1 Å². The average molecular weight is 369 g/mol. The van der Waals surface area contributed by atoms with Crippen molar-refractivity contribution in [3.63, 3.8) is 0 Å². The van der Waals surface area contributed by atoms with Crippen molar-refractivity contribution >= 4 is 34.3 Å². The minimum Gasteiger partial charge on any atom is -0.477 e. The second-order valence-corrected chi connectivity index (χ2v) is 8.02. The number of aromatic carboxylic acids is 1. The zero-order valence-corrected chi connectivity index (χ0v) is 15.2. The number of fused-ring (bicyclic) bond motifs is 1. The Balaban J connectivity index is 1.74. The molecule has 1 fully saturated rings. The van der Waals surface area contributed by atoms with Gasteiger partial charge in [-0.2, -0.15) is 0 Å². The molecule has 0 bridgehead atoms. The predicted octanol–water partition coefficient (Wildman–Crippen LogP) is 4.54. The maximum atomic E-state index is 13.2. The van der Waals surface area contributed by atoms with E-state index in [-0.39, 0.29) is 16.1 Å². The van der Waals surface area contributed by atoms with Crippen molar-refractivity contribution in [1.29, 1.82) is 0 Å². The predicted molar refractivity (Wildman–Crippen MR) is 99.7 cm³/mol. The summed E-state index contributed by atoms with van der Waals surface area (Å²) in [5.41, 5.74) is 2.64. The van der Waals surface area contributed by atoms with Crippen molar-refractivity contribution in [2.75, 3.05) is 0 Å². The van der Waals surface area contributed by atoms with Gasteiger partial charge in [-0.3, -0.25) is 4.79 Å². The molecule has 1 aliphatic rings. The third kappa shape index (κ3) is 2.82. The highest BCUT2D eigenvalue weighted by Gasteiger charge is 2.36. The molecule has 7 heteroatoms. The number of carbonyl (C=O) groups excluding carboxylic acids is 1. The molecule has 0 unspecified atom stereocenters. The lowest BCUT2D eigenvalue weighted by Gasteiger charge is -2.31. The Morgan fingerprint density at radius 1 is 1.27 bits per heavy atom. The van der Waals surface area contributed by atoms with Gasteiger partial charge in [-0.1, -0.05) is 26.2 Å². The summed E-state index contributed by atoms with van der Waals surface area (Å²) in [4.78, 5) is 36.6. The van der Waals surface area contributed by atoms with Crippen molar-refractivity contribution in [2.45, 2.75) is 39.0 Å². The number of carbonyl (C=O) groups is 2. The number of hydrogen-bond donors (Lipinski definition) is 2. The Morgan fingerprint density at radius 3 is 2.73 bits per heavy atom. The summed E-state index contributed by atoms with van der Waals surface area (Å²) in [7, 11) is 0. The maximum absolute atomic E-state index is 13.2. The summed E-state index contributed by atoms with van der Waals surface area (Å²) in [6.07, 6.45) is 8.44. The lowest BCUT2D eigenvalue weighted by atomic mass is 9.71. The third-order valence-corrected chi connectivity index (χ3v) is 6.15. The number of Topliss-reactive ketones (excluding diaryl/α,β-unsaturated/α-hetero) is 1. The summed E-state index contributed by atoms with van der Waals surface area (Å²) in [6, 6.07) is 1.58. The van der Waals surface area contributed by atoms with Crippen LogP contribution >= 0.6 is 11.3 Å². The Morgan fingerprint density at radius 2 is 2.04 bits per heavy atom. The van der Waals surface area contributed by atoms with Crippen LogP contribution in [-0.2, 0) is 0 Å². The fourth-order valence-corrected chi connectivity index (χ4v) is 4.41. The number of thiophene rings is 1. The molecule has 1 aliphatic carbocycles. The number of rotatable bonds is 4. The van der Waals surface area contributed by atoms with E-state index < -0.39 is 5.97 Å². The van der Waals surface area contributed by atoms with E-state index >= 15 is 0 Å². The first kappa shape index (κ1) is 16.9. The van der Waals surface area contributed by atoms with E-state index in [4.69, 9.17) is 5.11 Å². The number of carboxylic acid groups (broad SMARTS) is 1. The fraction of sp³-hybridized carbons (Fsp3) is 0.368. The Bertz CT molecular complexity index is 999. The van der Waals surface area contributed by atoms with E-state index in [1.54, 1.807) is 23.8 Å². The molecule has 2 N–H and O–H groups in total. The molecule has 0 radical (unpaired) electrons. The molecule has 0 atom stereocenters. The molecule has 0 saturated heterocycles. The van der Waals surface area contributed by atoms with Crippen LogP contribution < -0.4 is 0 Å². The zero-order chi connectivity index (χ0) is 18.3. The molecule has 26 heavy (non-hydrogen) atoms. The minimum atomic E-state index is -0.960. The molecule has 3 aromatic heterocycles. The number of aromatic nitrogens is 3. The van der Waals surface area contributed by atoms with Crippen LogP contribution in [0.3, 0.4) is 0 Å². The van der Waals surface area contributed by atoms with Crippen LogP contribution in [0.1, 0.15) is 59.1 Å². The highest BCUT2D eigenvalue weighted by molar-refractivity contribution is 7.12. The fourth-order valence-electron chi connectivity index (χ4n) is 3.67. The second-order valence-electron chi connectivity index (χ2n) is 7.11. The number of nitrogens with one attached hydrogen (secondary N) is 1. The van der Waals surface area contributed by atoms with Crippen molar-refractivity contribution in [2.24, 2.45) is 5.41 Å². The van der Waals surface area contributed by atoms with E-state index in [0.717, 1.165) is 37.0 Å². The van der Waals surface area contributed by atoms with Crippen molar-refractivity contribution in [1.82, 2.24) is 15.0 Å². The molecule has 0 spiro atoms. The SMILES string of the molecule is CC1(C(=O)c2c[nH]c3ncc(-c4csc(C(=O)O)c4)nc23)CCCCC1. The van der Waals surface area contributed by atoms with Gasteiger partial charge >= 0.3 is 5.97 Å². The largest absolute Gasteiger partial charge is 0.477 e. The van der Waals surface area contributed by atoms with Gasteiger partial charge in [0.15, 0.2) is 11.4 Å². The topological polar surface area (TPSA) is 95.9 Å². The van der Waals surface area contributed by atoms with Crippen LogP contribution in [0.5, 0.6) is 0 Å². The van der Waals surface area contributed by atoms with Crippen LogP contribution in [0, 0.1) is 5.41 Å². The van der Waals surface area contributed by atoms with Gasteiger partial charge in [0.05, 0.1) is 17.5 Å². The number of carboxylic acids is 1. The third-order valence-electron chi connectivity index (χ3n) is 5.24. The molecule has 0 amide bonds. The molecular formula is C19H19N3O3S. The second kappa shape index (κ2) is 6.32. The molecule has 4 rings (SSSR count). The lowest BCUT2D eigenvalue weighted by molar-refractivity contribution is 0.0701. The zero-order valence-electron chi connectivity index (χ0n) is 14.4. The molecule has 0 aliphatic heterocycles. The van der Waals surface area contributed by atoms with Crippen LogP contribution in [0.15, 0.2) is 23.8 Å². The van der Waals surface area contributed by atoms with Crippen molar-refractivity contribution in [3.05, 3.63) is 34.3 Å². The average Bonchev–Trinajstić information content (AvgIpc) is 3.28. The van der Waals surface area contributed by atoms with Gasteiger partial charge in [0.25, 0.3) is 0 Å². The standard InChI is InChI=1S/C19H19N3O3S/c1-19(5-3-2-4-6-19)16(23)12-8-20-17-15(12)22-13(9-21-17)11-7-14(18(24)25)26-10-11/h7-10H,2-6H2,1H3,(H,20,21)(H,24,25). The molecule has 6 nitrogen and oxygen atoms in total. The van der Waals surface area contributed by atoms with Crippen LogP contribution in [0.4, 0.5) is 0 Å². The van der Waals surface area contributed by atoms with Crippen molar-refractivity contribution in [3.8, 4) is 11.3 Å². The van der Waals surface area contributed by atoms with Crippen LogP contribution in [-0.4, -0.2) is 31.8 Å². The summed E-state index contributed by atoms with van der Waals surface area (Å²) >= 11 is 1.15. The maximum Gasteiger partial charge on any atom is 0.345 e. The van der Waals surface area contributed by atoms with E-state index in [9.17, 15) is 9.59 Å². The van der Waals surface area contributed by atoms with Gasteiger partial charge in [0.1, 0.15) is 10.4 Å². The molecule has 3 heterocycles. The van der Waals surface area contributed by atoms with E-state index in [2.05, 4.69) is 15.0 Å². The summed E-state index contributed by atoms with van der Waals surface area (Å²) in [5, 5.41) is 10.8. The lowest BCUT2D eigenvalue weighted by Crippen LogP contribution is -2.30.